The van der Waals surface area contributed by atoms with E-state index in [4.69, 9.17) is 10.3 Å². The van der Waals surface area contributed by atoms with Crippen LogP contribution in [0.25, 0.3) is 0 Å². The lowest BCUT2D eigenvalue weighted by Gasteiger charge is -2.36. The van der Waals surface area contributed by atoms with Crippen LogP contribution in [0.15, 0.2) is 28.8 Å². The average Bonchev–Trinajstić information content (AvgIpc) is 2.77. The van der Waals surface area contributed by atoms with Crippen LogP contribution in [0, 0.1) is 0 Å². The predicted molar refractivity (Wildman–Crippen MR) is 70.8 cm³/mol. The summed E-state index contributed by atoms with van der Waals surface area (Å²) in [6.45, 7) is 0. The molecule has 0 amide bonds. The maximum atomic E-state index is 6.22. The summed E-state index contributed by atoms with van der Waals surface area (Å²) in [5.74, 6) is 1.82. The van der Waals surface area contributed by atoms with Crippen LogP contribution in [0.3, 0.4) is 0 Å². The minimum absolute atomic E-state index is 0.0959. The largest absolute Gasteiger partial charge is 0.339 e. The van der Waals surface area contributed by atoms with E-state index in [-0.39, 0.29) is 5.54 Å². The number of hydrogen-bond donors (Lipinski definition) is 1. The number of hydrogen-bond acceptors (Lipinski definition) is 4. The van der Waals surface area contributed by atoms with E-state index in [9.17, 15) is 0 Å². The van der Waals surface area contributed by atoms with Gasteiger partial charge in [0.1, 0.15) is 0 Å². The fraction of sp³-hybridized carbons (Fsp3) is 0.467. The van der Waals surface area contributed by atoms with Gasteiger partial charge in [0.25, 0.3) is 0 Å². The molecule has 1 unspecified atom stereocenters. The van der Waals surface area contributed by atoms with Crippen LogP contribution in [0.2, 0.25) is 0 Å². The van der Waals surface area contributed by atoms with Crippen molar-refractivity contribution in [2.24, 2.45) is 5.73 Å². The molecule has 2 aliphatic rings. The van der Waals surface area contributed by atoms with E-state index in [0.29, 0.717) is 18.2 Å². The van der Waals surface area contributed by atoms with Gasteiger partial charge in [0, 0.05) is 12.0 Å². The topological polar surface area (TPSA) is 64.9 Å². The third kappa shape index (κ3) is 1.78. The molecular weight excluding hydrogens is 238 g/mol. The second-order valence-corrected chi connectivity index (χ2v) is 5.89. The SMILES string of the molecule is NC1(Cc2nc(C3Cc4ccccc43)no2)CCC1. The third-order valence-corrected chi connectivity index (χ3v) is 4.50. The first-order valence-electron chi connectivity index (χ1n) is 6.93. The highest BCUT2D eigenvalue weighted by Crippen LogP contribution is 2.39. The van der Waals surface area contributed by atoms with Gasteiger partial charge in [-0.05, 0) is 36.8 Å². The molecule has 2 N–H and O–H groups in total. The molecule has 19 heavy (non-hydrogen) atoms. The van der Waals surface area contributed by atoms with E-state index >= 15 is 0 Å². The fourth-order valence-electron chi connectivity index (χ4n) is 3.08. The smallest absolute Gasteiger partial charge is 0.228 e. The van der Waals surface area contributed by atoms with Gasteiger partial charge < -0.3 is 10.3 Å². The van der Waals surface area contributed by atoms with Crippen LogP contribution < -0.4 is 5.73 Å². The normalized spacial score (nSPS) is 23.3. The van der Waals surface area contributed by atoms with Crippen molar-refractivity contribution in [3.8, 4) is 0 Å². The Morgan fingerprint density at radius 2 is 2.16 bits per heavy atom. The van der Waals surface area contributed by atoms with Crippen molar-refractivity contribution in [1.29, 1.82) is 0 Å². The van der Waals surface area contributed by atoms with E-state index in [1.54, 1.807) is 0 Å². The van der Waals surface area contributed by atoms with Gasteiger partial charge >= 0.3 is 0 Å². The number of rotatable bonds is 3. The van der Waals surface area contributed by atoms with Crippen molar-refractivity contribution >= 4 is 0 Å². The summed E-state index contributed by atoms with van der Waals surface area (Å²) in [6, 6.07) is 8.45. The lowest BCUT2D eigenvalue weighted by molar-refractivity contribution is 0.221. The molecule has 4 rings (SSSR count). The zero-order chi connectivity index (χ0) is 12.9. The van der Waals surface area contributed by atoms with Crippen LogP contribution >= 0.6 is 0 Å². The summed E-state index contributed by atoms with van der Waals surface area (Å²) in [5, 5.41) is 4.14. The minimum Gasteiger partial charge on any atom is -0.339 e. The Labute approximate surface area is 112 Å². The first kappa shape index (κ1) is 11.2. The Morgan fingerprint density at radius 1 is 1.32 bits per heavy atom. The first-order chi connectivity index (χ1) is 9.23. The number of benzene rings is 1. The highest BCUT2D eigenvalue weighted by molar-refractivity contribution is 5.43. The Bertz CT molecular complexity index is 615. The van der Waals surface area contributed by atoms with Gasteiger partial charge in [-0.15, -0.1) is 0 Å². The van der Waals surface area contributed by atoms with Gasteiger partial charge in [-0.1, -0.05) is 29.4 Å². The van der Waals surface area contributed by atoms with Crippen molar-refractivity contribution in [2.75, 3.05) is 0 Å². The lowest BCUT2D eigenvalue weighted by atomic mass is 9.75. The van der Waals surface area contributed by atoms with Gasteiger partial charge in [-0.25, -0.2) is 0 Å². The van der Waals surface area contributed by atoms with E-state index in [1.807, 2.05) is 0 Å². The minimum atomic E-state index is -0.0959. The summed E-state index contributed by atoms with van der Waals surface area (Å²) in [5.41, 5.74) is 8.85. The zero-order valence-electron chi connectivity index (χ0n) is 10.8. The first-order valence-corrected chi connectivity index (χ1v) is 6.93. The van der Waals surface area contributed by atoms with Crippen LogP contribution in [-0.2, 0) is 12.8 Å². The Kier molecular flexibility index (Phi) is 2.30. The van der Waals surface area contributed by atoms with Gasteiger partial charge in [-0.3, -0.25) is 0 Å². The average molecular weight is 255 g/mol. The summed E-state index contributed by atoms with van der Waals surface area (Å²) < 4.78 is 5.37. The van der Waals surface area contributed by atoms with Gasteiger partial charge in [0.2, 0.25) is 5.89 Å². The lowest BCUT2D eigenvalue weighted by Crippen LogP contribution is -2.48. The Morgan fingerprint density at radius 3 is 2.89 bits per heavy atom. The molecule has 4 heteroatoms. The van der Waals surface area contributed by atoms with Crippen LogP contribution in [0.5, 0.6) is 0 Å². The van der Waals surface area contributed by atoms with Crippen LogP contribution in [-0.4, -0.2) is 15.7 Å². The molecule has 2 aromatic rings. The molecule has 0 saturated heterocycles. The molecule has 0 bridgehead atoms. The molecule has 1 heterocycles. The molecule has 1 atom stereocenters. The summed E-state index contributed by atoms with van der Waals surface area (Å²) in [7, 11) is 0. The highest BCUT2D eigenvalue weighted by Gasteiger charge is 2.36. The number of aromatic nitrogens is 2. The third-order valence-electron chi connectivity index (χ3n) is 4.50. The van der Waals surface area contributed by atoms with Gasteiger partial charge in [0.05, 0.1) is 5.92 Å². The zero-order valence-corrected chi connectivity index (χ0v) is 10.8. The second-order valence-electron chi connectivity index (χ2n) is 5.89. The predicted octanol–water partition coefficient (Wildman–Crippen LogP) is 2.18. The standard InChI is InChI=1S/C15H17N3O/c16-15(6-3-7-15)9-13-17-14(18-19-13)12-8-10-4-1-2-5-11(10)12/h1-2,4-5,12H,3,6-9,16H2. The Balaban J connectivity index is 1.53. The second kappa shape index (κ2) is 3.90. The number of fused-ring (bicyclic) bond motifs is 1. The molecule has 2 aliphatic carbocycles. The quantitative estimate of drug-likeness (QED) is 0.913. The fourth-order valence-corrected chi connectivity index (χ4v) is 3.08. The van der Waals surface area contributed by atoms with Crippen molar-refractivity contribution in [1.82, 2.24) is 10.1 Å². The summed E-state index contributed by atoms with van der Waals surface area (Å²) >= 11 is 0. The molecule has 1 fully saturated rings. The van der Waals surface area contributed by atoms with E-state index in [0.717, 1.165) is 25.1 Å². The molecular formula is C15H17N3O. The van der Waals surface area contributed by atoms with E-state index in [2.05, 4.69) is 34.4 Å². The molecule has 1 saturated carbocycles. The van der Waals surface area contributed by atoms with Crippen LogP contribution in [0.1, 0.15) is 48.0 Å². The number of nitrogens with two attached hydrogens (primary N) is 1. The molecule has 98 valence electrons. The van der Waals surface area contributed by atoms with Gasteiger partial charge in [-0.2, -0.15) is 4.98 Å². The van der Waals surface area contributed by atoms with Crippen molar-refractivity contribution in [3.63, 3.8) is 0 Å². The molecule has 4 nitrogen and oxygen atoms in total. The van der Waals surface area contributed by atoms with Gasteiger partial charge in [0.15, 0.2) is 5.82 Å². The maximum Gasteiger partial charge on any atom is 0.228 e. The molecule has 1 aromatic heterocycles. The van der Waals surface area contributed by atoms with Crippen molar-refractivity contribution in [2.45, 2.75) is 43.6 Å². The molecule has 1 aromatic carbocycles. The molecule has 0 spiro atoms. The monoisotopic (exact) mass is 255 g/mol. The van der Waals surface area contributed by atoms with E-state index in [1.165, 1.54) is 17.5 Å². The van der Waals surface area contributed by atoms with Crippen molar-refractivity contribution in [3.05, 3.63) is 47.1 Å². The number of nitrogens with zero attached hydrogens (tertiary/aromatic N) is 2. The summed E-state index contributed by atoms with van der Waals surface area (Å²) in [4.78, 5) is 4.54. The Hall–Kier alpha value is -1.68. The highest BCUT2D eigenvalue weighted by atomic mass is 16.5. The summed E-state index contributed by atoms with van der Waals surface area (Å²) in [6.07, 6.45) is 5.08. The molecule has 0 radical (unpaired) electrons. The van der Waals surface area contributed by atoms with Crippen LogP contribution in [0.4, 0.5) is 0 Å². The van der Waals surface area contributed by atoms with Crippen molar-refractivity contribution < 1.29 is 4.52 Å². The molecule has 0 aliphatic heterocycles. The maximum absolute atomic E-state index is 6.22. The van der Waals surface area contributed by atoms with E-state index < -0.39 is 0 Å².